The first-order valence-corrected chi connectivity index (χ1v) is 14.3. The van der Waals surface area contributed by atoms with Gasteiger partial charge in [-0.25, -0.2) is 4.79 Å². The number of carbonyl (C=O) groups is 3. The second-order valence-corrected chi connectivity index (χ2v) is 10.8. The average molecular weight is 571 g/mol. The van der Waals surface area contributed by atoms with E-state index in [1.54, 1.807) is 42.5 Å². The van der Waals surface area contributed by atoms with Crippen molar-refractivity contribution in [3.05, 3.63) is 106 Å². The molecule has 5 rings (SSSR count). The van der Waals surface area contributed by atoms with E-state index in [1.807, 2.05) is 41.8 Å². The summed E-state index contributed by atoms with van der Waals surface area (Å²) in [7, 11) is 0. The molecule has 8 nitrogen and oxygen atoms in total. The summed E-state index contributed by atoms with van der Waals surface area (Å²) in [5.74, 6) is 0.657. The third kappa shape index (κ3) is 7.73. The molecule has 2 amide bonds. The van der Waals surface area contributed by atoms with Gasteiger partial charge >= 0.3 is 5.97 Å². The number of benzene rings is 3. The number of carboxylic acid groups (broad SMARTS) is 1. The Bertz CT molecular complexity index is 1480. The minimum absolute atomic E-state index is 0.000709. The number of para-hydroxylation sites is 1. The van der Waals surface area contributed by atoms with Gasteiger partial charge in [0.1, 0.15) is 17.2 Å². The van der Waals surface area contributed by atoms with Gasteiger partial charge in [0.2, 0.25) is 5.91 Å². The van der Waals surface area contributed by atoms with Gasteiger partial charge in [0.25, 0.3) is 5.91 Å². The summed E-state index contributed by atoms with van der Waals surface area (Å²) in [5, 5.41) is 17.0. The Morgan fingerprint density at radius 3 is 2.12 bits per heavy atom. The summed E-state index contributed by atoms with van der Waals surface area (Å²) < 4.78 is 12.1. The van der Waals surface area contributed by atoms with Crippen molar-refractivity contribution in [2.45, 2.75) is 44.2 Å². The molecule has 210 valence electrons. The first kappa shape index (κ1) is 27.9. The van der Waals surface area contributed by atoms with Crippen molar-refractivity contribution in [1.29, 1.82) is 0 Å². The predicted octanol–water partition coefficient (Wildman–Crippen LogP) is 6.54. The van der Waals surface area contributed by atoms with Crippen LogP contribution in [-0.2, 0) is 11.2 Å². The fourth-order valence-electron chi connectivity index (χ4n) is 4.74. The summed E-state index contributed by atoms with van der Waals surface area (Å²) in [6, 6.07) is 24.8. The molecular formula is C32H30N2O6S. The normalized spacial score (nSPS) is 16.4. The summed E-state index contributed by atoms with van der Waals surface area (Å²) in [6.45, 7) is 0. The van der Waals surface area contributed by atoms with Gasteiger partial charge in [-0.05, 0) is 91.2 Å². The largest absolute Gasteiger partial charge is 0.490 e. The lowest BCUT2D eigenvalue weighted by molar-refractivity contribution is -0.115. The van der Waals surface area contributed by atoms with Gasteiger partial charge < -0.3 is 25.2 Å². The van der Waals surface area contributed by atoms with Crippen LogP contribution in [0.25, 0.3) is 0 Å². The van der Waals surface area contributed by atoms with Crippen LogP contribution in [0.2, 0.25) is 0 Å². The van der Waals surface area contributed by atoms with Crippen LogP contribution in [-0.4, -0.2) is 35.0 Å². The molecule has 9 heteroatoms. The topological polar surface area (TPSA) is 114 Å². The number of hydrogen-bond acceptors (Lipinski definition) is 6. The van der Waals surface area contributed by atoms with E-state index in [9.17, 15) is 19.5 Å². The molecule has 0 bridgehead atoms. The zero-order chi connectivity index (χ0) is 28.6. The summed E-state index contributed by atoms with van der Waals surface area (Å²) in [4.78, 5) is 36.8. The first-order chi connectivity index (χ1) is 19.9. The lowest BCUT2D eigenvalue weighted by Crippen LogP contribution is -2.39. The third-order valence-corrected chi connectivity index (χ3v) is 7.70. The monoisotopic (exact) mass is 570 g/mol. The average Bonchev–Trinajstić information content (AvgIpc) is 3.52. The third-order valence-electron chi connectivity index (χ3n) is 6.84. The van der Waals surface area contributed by atoms with Gasteiger partial charge in [-0.15, -0.1) is 11.3 Å². The zero-order valence-corrected chi connectivity index (χ0v) is 23.1. The van der Waals surface area contributed by atoms with Crippen molar-refractivity contribution < 1.29 is 29.0 Å². The Labute approximate surface area is 241 Å². The van der Waals surface area contributed by atoms with Crippen molar-refractivity contribution in [3.8, 4) is 17.2 Å². The highest BCUT2D eigenvalue weighted by Crippen LogP contribution is 2.28. The quantitative estimate of drug-likeness (QED) is 0.200. The van der Waals surface area contributed by atoms with Crippen LogP contribution in [0.15, 0.2) is 90.3 Å². The van der Waals surface area contributed by atoms with Gasteiger partial charge in [0.05, 0.1) is 28.7 Å². The number of thiophene rings is 1. The first-order valence-electron chi connectivity index (χ1n) is 13.4. The Morgan fingerprint density at radius 2 is 1.46 bits per heavy atom. The molecule has 3 N–H and O–H groups in total. The number of rotatable bonds is 10. The molecule has 0 unspecified atom stereocenters. The molecule has 41 heavy (non-hydrogen) atoms. The molecular weight excluding hydrogens is 540 g/mol. The highest BCUT2D eigenvalue weighted by Gasteiger charge is 2.24. The molecule has 1 aliphatic carbocycles. The Balaban J connectivity index is 1.06. The molecule has 1 heterocycles. The minimum atomic E-state index is -1.10. The maximum atomic E-state index is 12.4. The van der Waals surface area contributed by atoms with Crippen LogP contribution in [0.5, 0.6) is 17.2 Å². The van der Waals surface area contributed by atoms with E-state index in [1.165, 1.54) is 17.4 Å². The molecule has 0 spiro atoms. The van der Waals surface area contributed by atoms with E-state index in [4.69, 9.17) is 9.47 Å². The van der Waals surface area contributed by atoms with Crippen molar-refractivity contribution >= 4 is 34.8 Å². The SMILES string of the molecule is O=C(Cc1ccc(Oc2ccc(OC3CCC(NC(=O)c4cccs4)CC3)cc2)cc1)Nc1ccccc1C(=O)O. The number of ether oxygens (including phenoxy) is 2. The predicted molar refractivity (Wildman–Crippen MR) is 157 cm³/mol. The zero-order valence-electron chi connectivity index (χ0n) is 22.2. The Hall–Kier alpha value is -4.63. The van der Waals surface area contributed by atoms with Gasteiger partial charge in [0.15, 0.2) is 0 Å². The summed E-state index contributed by atoms with van der Waals surface area (Å²) in [6.07, 6.45) is 3.74. The van der Waals surface area contributed by atoms with Gasteiger partial charge in [-0.2, -0.15) is 0 Å². The Kier molecular flexibility index (Phi) is 8.95. The van der Waals surface area contributed by atoms with Crippen LogP contribution in [0, 0.1) is 0 Å². The molecule has 1 aromatic heterocycles. The van der Waals surface area contributed by atoms with Crippen LogP contribution in [0.4, 0.5) is 5.69 Å². The minimum Gasteiger partial charge on any atom is -0.490 e. The standard InChI is InChI=1S/C32H30N2O6S/c35-30(34-28-5-2-1-4-27(28)32(37)38)20-21-7-11-23(12-8-21)39-25-15-17-26(18-16-25)40-24-13-9-22(10-14-24)33-31(36)29-6-3-19-41-29/h1-8,11-12,15-19,22,24H,9-10,13-14,20H2,(H,33,36)(H,34,35)(H,37,38). The molecule has 0 saturated heterocycles. The Morgan fingerprint density at radius 1 is 0.805 bits per heavy atom. The van der Waals surface area contributed by atoms with E-state index in [-0.39, 0.29) is 41.6 Å². The number of amides is 2. The number of nitrogens with one attached hydrogen (secondary N) is 2. The molecule has 1 saturated carbocycles. The number of hydrogen-bond donors (Lipinski definition) is 3. The van der Waals surface area contributed by atoms with Crippen LogP contribution >= 0.6 is 11.3 Å². The van der Waals surface area contributed by atoms with Crippen LogP contribution < -0.4 is 20.1 Å². The van der Waals surface area contributed by atoms with Crippen molar-refractivity contribution in [1.82, 2.24) is 5.32 Å². The van der Waals surface area contributed by atoms with E-state index in [2.05, 4.69) is 10.6 Å². The highest BCUT2D eigenvalue weighted by molar-refractivity contribution is 7.12. The molecule has 1 fully saturated rings. The molecule has 1 aliphatic rings. The fraction of sp³-hybridized carbons (Fsp3) is 0.219. The van der Waals surface area contributed by atoms with Gasteiger partial charge in [-0.1, -0.05) is 30.3 Å². The van der Waals surface area contributed by atoms with Gasteiger partial charge in [0, 0.05) is 6.04 Å². The van der Waals surface area contributed by atoms with E-state index in [0.29, 0.717) is 11.5 Å². The summed E-state index contributed by atoms with van der Waals surface area (Å²) >= 11 is 1.45. The molecule has 3 aromatic carbocycles. The van der Waals surface area contributed by atoms with Crippen molar-refractivity contribution in [2.75, 3.05) is 5.32 Å². The number of anilines is 1. The number of carbonyl (C=O) groups excluding carboxylic acids is 2. The number of aromatic carboxylic acids is 1. The molecule has 0 aliphatic heterocycles. The smallest absolute Gasteiger partial charge is 0.337 e. The van der Waals surface area contributed by atoms with E-state index >= 15 is 0 Å². The molecule has 0 atom stereocenters. The van der Waals surface area contributed by atoms with E-state index in [0.717, 1.165) is 41.9 Å². The lowest BCUT2D eigenvalue weighted by Gasteiger charge is -2.29. The molecule has 4 aromatic rings. The lowest BCUT2D eigenvalue weighted by atomic mass is 9.93. The van der Waals surface area contributed by atoms with Crippen LogP contribution in [0.3, 0.4) is 0 Å². The van der Waals surface area contributed by atoms with Gasteiger partial charge in [-0.3, -0.25) is 9.59 Å². The fourth-order valence-corrected chi connectivity index (χ4v) is 5.36. The van der Waals surface area contributed by atoms with E-state index < -0.39 is 5.97 Å². The second-order valence-electron chi connectivity index (χ2n) is 9.84. The van der Waals surface area contributed by atoms with Crippen molar-refractivity contribution in [2.24, 2.45) is 0 Å². The maximum Gasteiger partial charge on any atom is 0.337 e. The summed E-state index contributed by atoms with van der Waals surface area (Å²) in [5.41, 5.74) is 1.08. The number of carboxylic acids is 1. The highest BCUT2D eigenvalue weighted by atomic mass is 32.1. The van der Waals surface area contributed by atoms with Crippen LogP contribution in [0.1, 0.15) is 51.3 Å². The molecule has 0 radical (unpaired) electrons. The maximum absolute atomic E-state index is 12.4. The second kappa shape index (κ2) is 13.1. The van der Waals surface area contributed by atoms with Crippen molar-refractivity contribution in [3.63, 3.8) is 0 Å².